The third kappa shape index (κ3) is 7.61. The number of carbonyl (C=O) groups excluding carboxylic acids is 1. The highest BCUT2D eigenvalue weighted by Crippen LogP contribution is 2.32. The van der Waals surface area contributed by atoms with Gasteiger partial charge in [0.2, 0.25) is 0 Å². The Labute approximate surface area is 218 Å². The zero-order valence-corrected chi connectivity index (χ0v) is 20.6. The van der Waals surface area contributed by atoms with Crippen LogP contribution in [0.15, 0.2) is 40.5 Å². The van der Waals surface area contributed by atoms with Crippen molar-refractivity contribution in [2.75, 3.05) is 18.9 Å². The molecule has 0 saturated carbocycles. The molecule has 2 aromatic heterocycles. The van der Waals surface area contributed by atoms with E-state index in [1.807, 2.05) is 0 Å². The van der Waals surface area contributed by atoms with Crippen molar-refractivity contribution in [3.05, 3.63) is 63.6 Å². The van der Waals surface area contributed by atoms with Gasteiger partial charge in [0.15, 0.2) is 12.1 Å². The average molecular weight is 555 g/mol. The molecule has 15 heteroatoms. The van der Waals surface area contributed by atoms with Crippen molar-refractivity contribution in [2.45, 2.75) is 38.4 Å². The van der Waals surface area contributed by atoms with E-state index in [9.17, 15) is 35.9 Å². The van der Waals surface area contributed by atoms with Gasteiger partial charge in [0.05, 0.1) is 35.0 Å². The number of anilines is 1. The van der Waals surface area contributed by atoms with E-state index < -0.39 is 46.8 Å². The Kier molecular flexibility index (Phi) is 9.37. The van der Waals surface area contributed by atoms with Crippen LogP contribution in [0.5, 0.6) is 0 Å². The van der Waals surface area contributed by atoms with Crippen LogP contribution in [0.3, 0.4) is 0 Å². The molecule has 0 radical (unpaired) electrons. The van der Waals surface area contributed by atoms with E-state index in [0.717, 1.165) is 24.7 Å². The summed E-state index contributed by atoms with van der Waals surface area (Å²) in [6.45, 7) is 2.07. The molecule has 0 spiro atoms. The topological polar surface area (TPSA) is 116 Å². The maximum atomic E-state index is 14.5. The highest BCUT2D eigenvalue weighted by molar-refractivity contribution is 5.86. The summed E-state index contributed by atoms with van der Waals surface area (Å²) < 4.78 is 79.6. The van der Waals surface area contributed by atoms with Gasteiger partial charge in [0.25, 0.3) is 12.0 Å². The predicted octanol–water partition coefficient (Wildman–Crippen LogP) is 5.01. The van der Waals surface area contributed by atoms with Crippen molar-refractivity contribution in [3.8, 4) is 11.4 Å². The number of alkyl halides is 5. The quantitative estimate of drug-likeness (QED) is 0.148. The van der Waals surface area contributed by atoms with Crippen molar-refractivity contribution < 1.29 is 31.1 Å². The second-order valence-electron chi connectivity index (χ2n) is 8.55. The minimum Gasteiger partial charge on any atom is -0.381 e. The summed E-state index contributed by atoms with van der Waals surface area (Å²) in [6, 6.07) is 1.73. The van der Waals surface area contributed by atoms with E-state index in [4.69, 9.17) is 0 Å². The van der Waals surface area contributed by atoms with Gasteiger partial charge in [-0.1, -0.05) is 0 Å². The number of aromatic amines is 1. The first-order valence-corrected chi connectivity index (χ1v) is 11.5. The highest BCUT2D eigenvalue weighted by Gasteiger charge is 2.37. The summed E-state index contributed by atoms with van der Waals surface area (Å²) in [4.78, 5) is 36.4. The molecular formula is C24H23F6N7O2. The molecule has 1 unspecified atom stereocenters. The lowest BCUT2D eigenvalue weighted by molar-refractivity contribution is -0.138. The summed E-state index contributed by atoms with van der Waals surface area (Å²) in [6.07, 6.45) is -2.25. The molecule has 2 N–H and O–H groups in total. The Morgan fingerprint density at radius 3 is 2.49 bits per heavy atom. The number of nitrogens with zero attached hydrogens (tertiary/aromatic N) is 5. The summed E-state index contributed by atoms with van der Waals surface area (Å²) in [7, 11) is 1.67. The first-order chi connectivity index (χ1) is 18.4. The first-order valence-electron chi connectivity index (χ1n) is 11.5. The number of aldehydes is 1. The number of nitrogens with one attached hydrogen (secondary N) is 2. The molecule has 3 rings (SSSR count). The summed E-state index contributed by atoms with van der Waals surface area (Å²) in [5.74, 6) is -0.995. The molecule has 0 aliphatic carbocycles. The lowest BCUT2D eigenvalue weighted by Gasteiger charge is -2.19. The van der Waals surface area contributed by atoms with Gasteiger partial charge in [0.1, 0.15) is 11.4 Å². The molecule has 0 amide bonds. The molecule has 9 nitrogen and oxygen atoms in total. The number of halogens is 6. The lowest BCUT2D eigenvalue weighted by atomic mass is 10.1. The first kappa shape index (κ1) is 29.3. The fraction of sp³-hybridized carbons (Fsp3) is 0.333. The molecule has 0 fully saturated rings. The number of carbonyl (C=O) groups is 1. The Balaban J connectivity index is 1.64. The monoisotopic (exact) mass is 555 g/mol. The Hall–Kier alpha value is -4.30. The van der Waals surface area contributed by atoms with E-state index >= 15 is 0 Å². The maximum absolute atomic E-state index is 14.5. The van der Waals surface area contributed by atoms with Gasteiger partial charge >= 0.3 is 6.18 Å². The molecule has 1 atom stereocenters. The lowest BCUT2D eigenvalue weighted by Crippen LogP contribution is -2.27. The number of rotatable bonds is 11. The van der Waals surface area contributed by atoms with Crippen LogP contribution in [0, 0.1) is 5.82 Å². The van der Waals surface area contributed by atoms with Crippen molar-refractivity contribution in [1.29, 1.82) is 0 Å². The van der Waals surface area contributed by atoms with Crippen LogP contribution in [0.1, 0.15) is 47.7 Å². The van der Waals surface area contributed by atoms with Crippen LogP contribution < -0.4 is 10.9 Å². The van der Waals surface area contributed by atoms with Crippen molar-refractivity contribution >= 4 is 24.0 Å². The average Bonchev–Trinajstić information content (AvgIpc) is 2.87. The van der Waals surface area contributed by atoms with Gasteiger partial charge in [0, 0.05) is 37.6 Å². The summed E-state index contributed by atoms with van der Waals surface area (Å²) in [5, 5.41) is 7.85. The third-order valence-corrected chi connectivity index (χ3v) is 5.49. The van der Waals surface area contributed by atoms with E-state index in [2.05, 4.69) is 25.4 Å². The van der Waals surface area contributed by atoms with Crippen molar-refractivity contribution in [2.24, 2.45) is 4.99 Å². The van der Waals surface area contributed by atoms with Crippen LogP contribution in [0.4, 0.5) is 37.7 Å². The molecule has 3 aromatic rings. The minimum atomic E-state index is -4.85. The summed E-state index contributed by atoms with van der Waals surface area (Å²) >= 11 is 0. The van der Waals surface area contributed by atoms with Crippen molar-refractivity contribution in [3.63, 3.8) is 0 Å². The van der Waals surface area contributed by atoms with Crippen LogP contribution in [0.25, 0.3) is 11.4 Å². The van der Waals surface area contributed by atoms with Crippen LogP contribution in [0.2, 0.25) is 0 Å². The molecular weight excluding hydrogens is 532 g/mol. The number of aromatic nitrogens is 4. The smallest absolute Gasteiger partial charge is 0.381 e. The van der Waals surface area contributed by atoms with Gasteiger partial charge in [-0.25, -0.2) is 33.2 Å². The summed E-state index contributed by atoms with van der Waals surface area (Å²) in [5.41, 5.74) is -3.65. The van der Waals surface area contributed by atoms with Crippen LogP contribution >= 0.6 is 0 Å². The third-order valence-electron chi connectivity index (χ3n) is 5.49. The van der Waals surface area contributed by atoms with Gasteiger partial charge in [-0.2, -0.15) is 18.3 Å². The molecule has 0 aliphatic heterocycles. The second-order valence-corrected chi connectivity index (χ2v) is 8.55. The molecule has 39 heavy (non-hydrogen) atoms. The van der Waals surface area contributed by atoms with E-state index in [1.54, 1.807) is 24.0 Å². The molecule has 1 aromatic carbocycles. The highest BCUT2D eigenvalue weighted by atomic mass is 19.4. The fourth-order valence-corrected chi connectivity index (χ4v) is 3.54. The number of aliphatic imine (C=N–C) groups is 1. The number of benzene rings is 1. The Bertz CT molecular complexity index is 1380. The molecule has 0 aliphatic rings. The standard InChI is InChI=1S/C24H23F6N7O2/c1-13(35-19-10-34-36-23(39)20(19)24(28,29)30)4-3-5-37(2)12-33-18-7-16(17(25)6-14(18)11-38)22-31-8-15(9-32-22)21(26)27/h6-13,21H,3-5H2,1-2H3,(H2,35,36,39). The van der Waals surface area contributed by atoms with Gasteiger partial charge in [-0.05, 0) is 31.9 Å². The zero-order chi connectivity index (χ0) is 28.7. The Morgan fingerprint density at radius 1 is 1.18 bits per heavy atom. The minimum absolute atomic E-state index is 0.0603. The van der Waals surface area contributed by atoms with Crippen LogP contribution in [-0.2, 0) is 6.18 Å². The number of hydrogen-bond acceptors (Lipinski definition) is 7. The largest absolute Gasteiger partial charge is 0.423 e. The van der Waals surface area contributed by atoms with E-state index in [1.165, 1.54) is 12.4 Å². The predicted molar refractivity (Wildman–Crippen MR) is 131 cm³/mol. The normalized spacial score (nSPS) is 12.6. The number of hydrogen-bond donors (Lipinski definition) is 2. The molecule has 0 bridgehead atoms. The van der Waals surface area contributed by atoms with E-state index in [0.29, 0.717) is 25.7 Å². The van der Waals surface area contributed by atoms with Crippen molar-refractivity contribution in [1.82, 2.24) is 25.1 Å². The number of H-pyrrole nitrogens is 1. The van der Waals surface area contributed by atoms with E-state index in [-0.39, 0.29) is 22.6 Å². The molecule has 208 valence electrons. The molecule has 2 heterocycles. The van der Waals surface area contributed by atoms with Gasteiger partial charge in [-0.3, -0.25) is 9.59 Å². The maximum Gasteiger partial charge on any atom is 0.423 e. The van der Waals surface area contributed by atoms with Gasteiger partial charge in [-0.15, -0.1) is 0 Å². The molecule has 0 saturated heterocycles. The van der Waals surface area contributed by atoms with Crippen LogP contribution in [-0.4, -0.2) is 57.3 Å². The Morgan fingerprint density at radius 2 is 1.87 bits per heavy atom. The second kappa shape index (κ2) is 12.5. The van der Waals surface area contributed by atoms with Gasteiger partial charge < -0.3 is 10.2 Å². The fourth-order valence-electron chi connectivity index (χ4n) is 3.54. The SMILES string of the molecule is CC(CCCN(C)C=Nc1cc(-c2ncc(C(F)F)cn2)c(F)cc1C=O)Nc1cn[nH]c(=O)c1C(F)(F)F. The zero-order valence-electron chi connectivity index (χ0n) is 20.6.